The van der Waals surface area contributed by atoms with Crippen LogP contribution in [0.4, 0.5) is 0 Å². The van der Waals surface area contributed by atoms with Gasteiger partial charge in [0.1, 0.15) is 12.2 Å². The van der Waals surface area contributed by atoms with E-state index in [4.69, 9.17) is 0 Å². The van der Waals surface area contributed by atoms with Crippen molar-refractivity contribution in [2.75, 3.05) is 6.54 Å². The van der Waals surface area contributed by atoms with Crippen molar-refractivity contribution in [3.63, 3.8) is 0 Å². The van der Waals surface area contributed by atoms with Crippen LogP contribution in [0.15, 0.2) is 6.33 Å². The molecule has 1 aliphatic carbocycles. The van der Waals surface area contributed by atoms with Gasteiger partial charge in [-0.15, -0.1) is 0 Å². The quantitative estimate of drug-likeness (QED) is 0.798. The number of aryl methyl sites for hydroxylation is 1. The molecule has 0 bridgehead atoms. The lowest BCUT2D eigenvalue weighted by molar-refractivity contribution is 0.205. The van der Waals surface area contributed by atoms with Crippen LogP contribution in [0.5, 0.6) is 0 Å². The number of rotatable bonds is 8. The van der Waals surface area contributed by atoms with Crippen LogP contribution in [0, 0.1) is 11.8 Å². The van der Waals surface area contributed by atoms with E-state index >= 15 is 0 Å². The Balaban J connectivity index is 2.03. The van der Waals surface area contributed by atoms with Crippen molar-refractivity contribution in [3.8, 4) is 0 Å². The van der Waals surface area contributed by atoms with Gasteiger partial charge in [0.05, 0.1) is 0 Å². The molecule has 21 heavy (non-hydrogen) atoms. The van der Waals surface area contributed by atoms with Gasteiger partial charge in [0.25, 0.3) is 0 Å². The topological polar surface area (TPSA) is 42.7 Å². The normalized spacial score (nSPS) is 24.1. The molecule has 1 aliphatic rings. The molecule has 1 fully saturated rings. The van der Waals surface area contributed by atoms with E-state index < -0.39 is 0 Å². The summed E-state index contributed by atoms with van der Waals surface area (Å²) in [5.41, 5.74) is 0. The van der Waals surface area contributed by atoms with Crippen molar-refractivity contribution in [1.82, 2.24) is 20.1 Å². The van der Waals surface area contributed by atoms with Crippen LogP contribution in [-0.2, 0) is 13.0 Å². The minimum Gasteiger partial charge on any atom is -0.313 e. The first-order chi connectivity index (χ1) is 10.3. The smallest absolute Gasteiger partial charge is 0.138 e. The fourth-order valence-corrected chi connectivity index (χ4v) is 3.71. The fraction of sp³-hybridized carbons (Fsp3) is 0.882. The third-order valence-electron chi connectivity index (χ3n) is 5.02. The maximum Gasteiger partial charge on any atom is 0.138 e. The standard InChI is InChI=1S/C17H32N4/c1-4-10-18-16(12-17-19-13-20-21(17)6-3)15-9-7-8-14(5-2)11-15/h13-16,18H,4-12H2,1-3H3. The Morgan fingerprint density at radius 1 is 1.33 bits per heavy atom. The summed E-state index contributed by atoms with van der Waals surface area (Å²) in [5, 5.41) is 8.11. The number of aromatic nitrogens is 3. The average Bonchev–Trinajstić information content (AvgIpc) is 2.98. The van der Waals surface area contributed by atoms with E-state index in [9.17, 15) is 0 Å². The van der Waals surface area contributed by atoms with E-state index in [1.807, 2.05) is 4.68 Å². The molecule has 4 heteroatoms. The van der Waals surface area contributed by atoms with Gasteiger partial charge in [-0.05, 0) is 44.6 Å². The van der Waals surface area contributed by atoms with E-state index in [1.54, 1.807) is 6.33 Å². The second-order valence-electron chi connectivity index (χ2n) is 6.46. The van der Waals surface area contributed by atoms with Gasteiger partial charge in [-0.1, -0.05) is 33.1 Å². The van der Waals surface area contributed by atoms with Crippen molar-refractivity contribution >= 4 is 0 Å². The maximum absolute atomic E-state index is 4.48. The zero-order valence-corrected chi connectivity index (χ0v) is 14.0. The van der Waals surface area contributed by atoms with E-state index in [2.05, 4.69) is 36.2 Å². The lowest BCUT2D eigenvalue weighted by Crippen LogP contribution is -2.41. The minimum atomic E-state index is 0.564. The van der Waals surface area contributed by atoms with Gasteiger partial charge >= 0.3 is 0 Å². The largest absolute Gasteiger partial charge is 0.313 e. The molecular formula is C17H32N4. The van der Waals surface area contributed by atoms with E-state index in [0.29, 0.717) is 6.04 Å². The van der Waals surface area contributed by atoms with E-state index in [-0.39, 0.29) is 0 Å². The predicted molar refractivity (Wildman–Crippen MR) is 87.2 cm³/mol. The summed E-state index contributed by atoms with van der Waals surface area (Å²) in [6, 6.07) is 0.564. The molecule has 4 nitrogen and oxygen atoms in total. The summed E-state index contributed by atoms with van der Waals surface area (Å²) >= 11 is 0. The Hall–Kier alpha value is -0.900. The van der Waals surface area contributed by atoms with Crippen LogP contribution in [0.25, 0.3) is 0 Å². The number of nitrogens with zero attached hydrogens (tertiary/aromatic N) is 3. The second kappa shape index (κ2) is 8.52. The van der Waals surface area contributed by atoms with Crippen molar-refractivity contribution in [3.05, 3.63) is 12.2 Å². The van der Waals surface area contributed by atoms with Gasteiger partial charge in [-0.3, -0.25) is 4.68 Å². The van der Waals surface area contributed by atoms with Crippen molar-refractivity contribution in [1.29, 1.82) is 0 Å². The highest BCUT2D eigenvalue weighted by Crippen LogP contribution is 2.33. The number of hydrogen-bond acceptors (Lipinski definition) is 3. The van der Waals surface area contributed by atoms with Gasteiger partial charge in [0.2, 0.25) is 0 Å². The minimum absolute atomic E-state index is 0.564. The third kappa shape index (κ3) is 4.53. The molecule has 0 saturated heterocycles. The fourth-order valence-electron chi connectivity index (χ4n) is 3.71. The van der Waals surface area contributed by atoms with Gasteiger partial charge in [-0.2, -0.15) is 5.10 Å². The van der Waals surface area contributed by atoms with Gasteiger partial charge in [0.15, 0.2) is 0 Å². The zero-order valence-electron chi connectivity index (χ0n) is 14.0. The Morgan fingerprint density at radius 3 is 2.90 bits per heavy atom. The Morgan fingerprint density at radius 2 is 2.19 bits per heavy atom. The monoisotopic (exact) mass is 292 g/mol. The molecule has 0 aromatic carbocycles. The molecule has 1 N–H and O–H groups in total. The molecule has 0 spiro atoms. The molecule has 120 valence electrons. The first kappa shape index (κ1) is 16.5. The van der Waals surface area contributed by atoms with Crippen molar-refractivity contribution in [2.45, 2.75) is 78.3 Å². The molecular weight excluding hydrogens is 260 g/mol. The Kier molecular flexibility index (Phi) is 6.68. The number of nitrogens with one attached hydrogen (secondary N) is 1. The number of hydrogen-bond donors (Lipinski definition) is 1. The van der Waals surface area contributed by atoms with Gasteiger partial charge in [0, 0.05) is 19.0 Å². The van der Waals surface area contributed by atoms with Crippen molar-refractivity contribution in [2.24, 2.45) is 11.8 Å². The summed E-state index contributed by atoms with van der Waals surface area (Å²) in [7, 11) is 0. The van der Waals surface area contributed by atoms with Crippen LogP contribution >= 0.6 is 0 Å². The lowest BCUT2D eigenvalue weighted by Gasteiger charge is -2.35. The predicted octanol–water partition coefficient (Wildman–Crippen LogP) is 3.43. The lowest BCUT2D eigenvalue weighted by atomic mass is 9.76. The van der Waals surface area contributed by atoms with Crippen LogP contribution in [0.2, 0.25) is 0 Å². The van der Waals surface area contributed by atoms with Crippen LogP contribution < -0.4 is 5.32 Å². The summed E-state index contributed by atoms with van der Waals surface area (Å²) in [4.78, 5) is 4.48. The molecule has 1 saturated carbocycles. The first-order valence-electron chi connectivity index (χ1n) is 8.88. The van der Waals surface area contributed by atoms with Crippen LogP contribution in [0.3, 0.4) is 0 Å². The molecule has 1 aromatic rings. The SMILES string of the molecule is CCCNC(Cc1ncnn1CC)C1CCCC(CC)C1. The summed E-state index contributed by atoms with van der Waals surface area (Å²) in [6.07, 6.45) is 10.8. The first-order valence-corrected chi connectivity index (χ1v) is 8.88. The van der Waals surface area contributed by atoms with Crippen molar-refractivity contribution < 1.29 is 0 Å². The molecule has 1 heterocycles. The summed E-state index contributed by atoms with van der Waals surface area (Å²) < 4.78 is 2.04. The average molecular weight is 292 g/mol. The molecule has 0 aliphatic heterocycles. The van der Waals surface area contributed by atoms with Gasteiger partial charge in [-0.25, -0.2) is 4.98 Å². The summed E-state index contributed by atoms with van der Waals surface area (Å²) in [5.74, 6) is 2.88. The highest BCUT2D eigenvalue weighted by atomic mass is 15.3. The third-order valence-corrected chi connectivity index (χ3v) is 5.02. The molecule has 1 aromatic heterocycles. The molecule has 2 rings (SSSR count). The Bertz CT molecular complexity index is 401. The highest BCUT2D eigenvalue weighted by molar-refractivity contribution is 4.93. The molecule has 0 amide bonds. The van der Waals surface area contributed by atoms with Gasteiger partial charge < -0.3 is 5.32 Å². The van der Waals surface area contributed by atoms with Crippen LogP contribution in [0.1, 0.15) is 65.1 Å². The van der Waals surface area contributed by atoms with E-state index in [1.165, 1.54) is 38.5 Å². The maximum atomic E-state index is 4.48. The summed E-state index contributed by atoms with van der Waals surface area (Å²) in [6.45, 7) is 8.75. The molecule has 0 radical (unpaired) electrons. The zero-order chi connectivity index (χ0) is 15.1. The Labute approximate surface area is 129 Å². The van der Waals surface area contributed by atoms with Crippen LogP contribution in [-0.4, -0.2) is 27.4 Å². The molecule has 3 unspecified atom stereocenters. The van der Waals surface area contributed by atoms with E-state index in [0.717, 1.165) is 37.2 Å². The second-order valence-corrected chi connectivity index (χ2v) is 6.46. The highest BCUT2D eigenvalue weighted by Gasteiger charge is 2.28. The molecule has 3 atom stereocenters.